The number of nitrogens with one attached hydrogen (secondary N) is 1. The number of rotatable bonds is 3. The summed E-state index contributed by atoms with van der Waals surface area (Å²) in [6.07, 6.45) is 1.30. The smallest absolute Gasteiger partial charge is 0.277 e. The van der Waals surface area contributed by atoms with E-state index in [0.29, 0.717) is 27.2 Å². The normalized spacial score (nSPS) is 10.6. The highest BCUT2D eigenvalue weighted by Crippen LogP contribution is 2.28. The first kappa shape index (κ1) is 16.1. The second-order valence-corrected chi connectivity index (χ2v) is 6.36. The number of benzene rings is 2. The number of carbonyl (C=O) groups is 1. The second-order valence-electron chi connectivity index (χ2n) is 4.63. The van der Waals surface area contributed by atoms with E-state index >= 15 is 0 Å². The van der Waals surface area contributed by atoms with Crippen molar-refractivity contribution in [2.75, 3.05) is 5.32 Å². The van der Waals surface area contributed by atoms with Crippen LogP contribution in [0.5, 0.6) is 0 Å². The highest BCUT2D eigenvalue weighted by molar-refractivity contribution is 9.10. The molecule has 0 aliphatic heterocycles. The van der Waals surface area contributed by atoms with E-state index in [1.807, 2.05) is 12.1 Å². The number of hydrogen-bond acceptors (Lipinski definition) is 3. The van der Waals surface area contributed by atoms with Crippen molar-refractivity contribution in [2.45, 2.75) is 0 Å². The molecule has 0 atom stereocenters. The Labute approximate surface area is 150 Å². The topological polar surface area (TPSA) is 55.1 Å². The maximum Gasteiger partial charge on any atom is 0.277 e. The van der Waals surface area contributed by atoms with Gasteiger partial charge in [-0.2, -0.15) is 0 Å². The van der Waals surface area contributed by atoms with Crippen LogP contribution in [0.2, 0.25) is 10.0 Å². The van der Waals surface area contributed by atoms with Crippen LogP contribution in [0.1, 0.15) is 10.5 Å². The van der Waals surface area contributed by atoms with Crippen LogP contribution in [0.15, 0.2) is 57.6 Å². The second kappa shape index (κ2) is 6.74. The molecule has 1 heterocycles. The molecular weight excluding hydrogens is 403 g/mol. The van der Waals surface area contributed by atoms with Crippen molar-refractivity contribution in [1.82, 2.24) is 4.98 Å². The van der Waals surface area contributed by atoms with Crippen molar-refractivity contribution < 1.29 is 9.21 Å². The Bertz CT molecular complexity index is 863. The lowest BCUT2D eigenvalue weighted by molar-refractivity contribution is 0.102. The van der Waals surface area contributed by atoms with Gasteiger partial charge in [0.15, 0.2) is 5.69 Å². The largest absolute Gasteiger partial charge is 0.444 e. The molecule has 0 bridgehead atoms. The van der Waals surface area contributed by atoms with E-state index in [-0.39, 0.29) is 11.6 Å². The lowest BCUT2D eigenvalue weighted by Crippen LogP contribution is -2.12. The number of carbonyl (C=O) groups excluding carboxylic acids is 1. The fraction of sp³-hybridized carbons (Fsp3) is 0. The Morgan fingerprint density at radius 3 is 2.52 bits per heavy atom. The molecule has 3 rings (SSSR count). The summed E-state index contributed by atoms with van der Waals surface area (Å²) < 4.78 is 6.27. The number of halogens is 3. The highest BCUT2D eigenvalue weighted by Gasteiger charge is 2.14. The summed E-state index contributed by atoms with van der Waals surface area (Å²) in [5.41, 5.74) is 1.48. The third-order valence-electron chi connectivity index (χ3n) is 3.01. The van der Waals surface area contributed by atoms with E-state index in [1.54, 1.807) is 30.3 Å². The molecule has 0 aliphatic carbocycles. The number of hydrogen-bond donors (Lipinski definition) is 1. The van der Waals surface area contributed by atoms with E-state index in [2.05, 4.69) is 26.2 Å². The Morgan fingerprint density at radius 1 is 1.09 bits per heavy atom. The van der Waals surface area contributed by atoms with Gasteiger partial charge in [0.25, 0.3) is 5.91 Å². The predicted molar refractivity (Wildman–Crippen MR) is 94.1 cm³/mol. The lowest BCUT2D eigenvalue weighted by atomic mass is 10.2. The average Bonchev–Trinajstić information content (AvgIpc) is 3.02. The molecule has 2 aromatic carbocycles. The zero-order valence-corrected chi connectivity index (χ0v) is 14.6. The molecule has 1 amide bonds. The Kier molecular flexibility index (Phi) is 4.71. The van der Waals surface area contributed by atoms with E-state index in [9.17, 15) is 4.79 Å². The van der Waals surface area contributed by atoms with E-state index in [0.717, 1.165) is 4.47 Å². The molecule has 3 aromatic rings. The SMILES string of the molecule is O=C(Nc1ccc(Br)cc1)c1coc(-c2ccc(Cl)c(Cl)c2)n1. The molecule has 23 heavy (non-hydrogen) atoms. The third-order valence-corrected chi connectivity index (χ3v) is 4.27. The summed E-state index contributed by atoms with van der Waals surface area (Å²) in [4.78, 5) is 16.3. The van der Waals surface area contributed by atoms with Crippen molar-refractivity contribution in [3.05, 3.63) is 68.9 Å². The molecule has 0 saturated heterocycles. The molecule has 116 valence electrons. The summed E-state index contributed by atoms with van der Waals surface area (Å²) in [7, 11) is 0. The van der Waals surface area contributed by atoms with Gasteiger partial charge in [-0.25, -0.2) is 4.98 Å². The summed E-state index contributed by atoms with van der Waals surface area (Å²) in [6.45, 7) is 0. The Balaban J connectivity index is 1.79. The Hall–Kier alpha value is -1.82. The van der Waals surface area contributed by atoms with Crippen LogP contribution in [0.4, 0.5) is 5.69 Å². The van der Waals surface area contributed by atoms with Crippen LogP contribution in [-0.2, 0) is 0 Å². The maximum absolute atomic E-state index is 12.2. The zero-order chi connectivity index (χ0) is 16.4. The van der Waals surface area contributed by atoms with Gasteiger partial charge in [-0.05, 0) is 42.5 Å². The first-order valence-electron chi connectivity index (χ1n) is 6.51. The van der Waals surface area contributed by atoms with Crippen LogP contribution in [0.25, 0.3) is 11.5 Å². The monoisotopic (exact) mass is 410 g/mol. The van der Waals surface area contributed by atoms with Crippen LogP contribution in [0, 0.1) is 0 Å². The van der Waals surface area contributed by atoms with Gasteiger partial charge in [-0.15, -0.1) is 0 Å². The zero-order valence-electron chi connectivity index (χ0n) is 11.5. The number of oxazole rings is 1. The number of amides is 1. The minimum Gasteiger partial charge on any atom is -0.444 e. The predicted octanol–water partition coefficient (Wildman–Crippen LogP) is 5.66. The molecule has 0 unspecified atom stereocenters. The molecule has 0 fully saturated rings. The van der Waals surface area contributed by atoms with Crippen molar-refractivity contribution in [1.29, 1.82) is 0 Å². The van der Waals surface area contributed by atoms with Gasteiger partial charge in [-0.1, -0.05) is 39.1 Å². The van der Waals surface area contributed by atoms with E-state index in [4.69, 9.17) is 27.6 Å². The summed E-state index contributed by atoms with van der Waals surface area (Å²) in [5.74, 6) is -0.0631. The molecule has 1 N–H and O–H groups in total. The van der Waals surface area contributed by atoms with Crippen molar-refractivity contribution >= 4 is 50.7 Å². The average molecular weight is 412 g/mol. The molecule has 1 aromatic heterocycles. The molecular formula is C16H9BrCl2N2O2. The molecule has 0 aliphatic rings. The van der Waals surface area contributed by atoms with Gasteiger partial charge in [-0.3, -0.25) is 4.79 Å². The summed E-state index contributed by atoms with van der Waals surface area (Å²) in [6, 6.07) is 12.2. The summed E-state index contributed by atoms with van der Waals surface area (Å²) >= 11 is 15.2. The van der Waals surface area contributed by atoms with Gasteiger partial charge in [0.1, 0.15) is 6.26 Å². The van der Waals surface area contributed by atoms with Crippen LogP contribution < -0.4 is 5.32 Å². The standard InChI is InChI=1S/C16H9BrCl2N2O2/c17-10-2-4-11(5-3-10)20-15(22)14-8-23-16(21-14)9-1-6-12(18)13(19)7-9/h1-8H,(H,20,22). The van der Waals surface area contributed by atoms with Crippen molar-refractivity contribution in [3.63, 3.8) is 0 Å². The van der Waals surface area contributed by atoms with Crippen LogP contribution in [0.3, 0.4) is 0 Å². The molecule has 7 heteroatoms. The van der Waals surface area contributed by atoms with Gasteiger partial charge in [0.2, 0.25) is 5.89 Å². The third kappa shape index (κ3) is 3.75. The molecule has 4 nitrogen and oxygen atoms in total. The first-order valence-corrected chi connectivity index (χ1v) is 8.06. The number of anilines is 1. The Morgan fingerprint density at radius 2 is 1.83 bits per heavy atom. The lowest BCUT2D eigenvalue weighted by Gasteiger charge is -2.02. The first-order chi connectivity index (χ1) is 11.0. The van der Waals surface area contributed by atoms with Crippen molar-refractivity contribution in [3.8, 4) is 11.5 Å². The van der Waals surface area contributed by atoms with Gasteiger partial charge < -0.3 is 9.73 Å². The van der Waals surface area contributed by atoms with Crippen molar-refractivity contribution in [2.24, 2.45) is 0 Å². The molecule has 0 spiro atoms. The molecule has 0 radical (unpaired) electrons. The number of aromatic nitrogens is 1. The quantitative estimate of drug-likeness (QED) is 0.604. The fourth-order valence-electron chi connectivity index (χ4n) is 1.87. The van der Waals surface area contributed by atoms with E-state index in [1.165, 1.54) is 6.26 Å². The fourth-order valence-corrected chi connectivity index (χ4v) is 2.43. The van der Waals surface area contributed by atoms with E-state index < -0.39 is 0 Å². The van der Waals surface area contributed by atoms with Gasteiger partial charge in [0, 0.05) is 15.7 Å². The maximum atomic E-state index is 12.2. The minimum atomic E-state index is -0.359. The van der Waals surface area contributed by atoms with Gasteiger partial charge >= 0.3 is 0 Å². The van der Waals surface area contributed by atoms with Crippen LogP contribution >= 0.6 is 39.1 Å². The van der Waals surface area contributed by atoms with Gasteiger partial charge in [0.05, 0.1) is 10.0 Å². The molecule has 0 saturated carbocycles. The van der Waals surface area contributed by atoms with Crippen LogP contribution in [-0.4, -0.2) is 10.9 Å². The number of nitrogens with zero attached hydrogens (tertiary/aromatic N) is 1. The summed E-state index contributed by atoms with van der Waals surface area (Å²) in [5, 5.41) is 3.57. The minimum absolute atomic E-state index is 0.175. The highest BCUT2D eigenvalue weighted by atomic mass is 79.9.